The minimum atomic E-state index is -5.37. The second kappa shape index (κ2) is 15.3. The van der Waals surface area contributed by atoms with Gasteiger partial charge in [0.05, 0.1) is 21.2 Å². The number of phenolic OH excluding ortho intramolecular Hbond substituents is 1. The number of nitrogens with zero attached hydrogens (tertiary/aromatic N) is 5. The maximum atomic E-state index is 15.1. The fourth-order valence-corrected chi connectivity index (χ4v) is 9.06. The highest BCUT2D eigenvalue weighted by molar-refractivity contribution is 7.91. The molecule has 0 aromatic heterocycles. The molecule has 19 nitrogen and oxygen atoms in total. The lowest BCUT2D eigenvalue weighted by Gasteiger charge is -2.34. The Kier molecular flexibility index (Phi) is 11.1. The molecule has 0 amide bonds. The summed E-state index contributed by atoms with van der Waals surface area (Å²) in [6.07, 6.45) is -2.38. The van der Waals surface area contributed by atoms with Crippen LogP contribution in [0, 0.1) is 0 Å². The van der Waals surface area contributed by atoms with Crippen LogP contribution in [0.25, 0.3) is 21.5 Å². The standard InChI is InChI=1S/C34H32FN7O12S4/c1-4-55(44,45)22-11-12-24-19(14-22)10-13-25(31(24)58(52,53)54)40-41-29-27(57(49,50)51)16-20-15-23(56(46,47)48)17-26(28(20)30(29)43)36-33-37-32(35)38-34(39-33)42(18(2)3)21-8-6-5-7-9-21/h5-18,34,43H,4H2,1-3H3,(H,46,47,48)(H,49,50,51)(H,52,53,54)(H2,36,37,38,39). The second-order valence-corrected chi connectivity index (χ2v) is 19.2. The lowest BCUT2D eigenvalue weighted by molar-refractivity contribution is 0.472. The monoisotopic (exact) mass is 877 g/mol. The summed E-state index contributed by atoms with van der Waals surface area (Å²) in [6.45, 7) is 4.99. The van der Waals surface area contributed by atoms with Crippen molar-refractivity contribution in [1.29, 1.82) is 0 Å². The van der Waals surface area contributed by atoms with Gasteiger partial charge in [0.2, 0.25) is 12.2 Å². The quantitative estimate of drug-likeness (QED) is 0.0539. The Labute approximate surface area is 330 Å². The third-order valence-corrected chi connectivity index (χ3v) is 13.1. The summed E-state index contributed by atoms with van der Waals surface area (Å²) in [6, 6.07) is 16.2. The van der Waals surface area contributed by atoms with Crippen LogP contribution < -0.4 is 15.5 Å². The fourth-order valence-electron chi connectivity index (χ4n) is 6.10. The molecule has 0 radical (unpaired) electrons. The molecule has 1 atom stereocenters. The van der Waals surface area contributed by atoms with Gasteiger partial charge in [0.1, 0.15) is 21.2 Å². The predicted octanol–water partition coefficient (Wildman–Crippen LogP) is 5.54. The number of rotatable bonds is 11. The van der Waals surface area contributed by atoms with Gasteiger partial charge in [-0.15, -0.1) is 10.2 Å². The molecule has 58 heavy (non-hydrogen) atoms. The molecule has 24 heteroatoms. The van der Waals surface area contributed by atoms with Crippen molar-refractivity contribution in [1.82, 2.24) is 5.32 Å². The topological polar surface area (TPSA) is 294 Å². The summed E-state index contributed by atoms with van der Waals surface area (Å²) in [4.78, 5) is 6.91. The predicted molar refractivity (Wildman–Crippen MR) is 211 cm³/mol. The van der Waals surface area contributed by atoms with Crippen molar-refractivity contribution < 1.29 is 56.8 Å². The van der Waals surface area contributed by atoms with E-state index in [1.807, 2.05) is 0 Å². The molecular formula is C34H32FN7O12S4. The lowest BCUT2D eigenvalue weighted by Crippen LogP contribution is -2.46. The van der Waals surface area contributed by atoms with Crippen LogP contribution in [0.3, 0.4) is 0 Å². The summed E-state index contributed by atoms with van der Waals surface area (Å²) in [5.74, 6) is -1.79. The maximum Gasteiger partial charge on any atom is 0.297 e. The number of guanidine groups is 1. The SMILES string of the molecule is CCS(=O)(=O)c1ccc2c(S(=O)(=O)O)c(N=Nc3c(S(=O)(=O)O)cc4cc(S(=O)(=O)O)cc(NC5=NC(N(c6ccccc6)C(C)C)N=C(F)N5)c4c3O)ccc2c1. The first-order valence-electron chi connectivity index (χ1n) is 16.7. The number of benzene rings is 5. The van der Waals surface area contributed by atoms with Crippen LogP contribution in [-0.2, 0) is 40.2 Å². The molecule has 5 aromatic rings. The highest BCUT2D eigenvalue weighted by Crippen LogP contribution is 2.46. The Morgan fingerprint density at radius 3 is 2.09 bits per heavy atom. The molecule has 306 valence electrons. The zero-order chi connectivity index (χ0) is 42.5. The maximum absolute atomic E-state index is 15.1. The van der Waals surface area contributed by atoms with Crippen molar-refractivity contribution in [3.63, 3.8) is 0 Å². The van der Waals surface area contributed by atoms with Gasteiger partial charge in [-0.25, -0.2) is 13.4 Å². The molecule has 0 aliphatic carbocycles. The number of amidine groups is 1. The van der Waals surface area contributed by atoms with E-state index >= 15 is 4.39 Å². The highest BCUT2D eigenvalue weighted by Gasteiger charge is 2.29. The Balaban J connectivity index is 1.55. The van der Waals surface area contributed by atoms with Crippen LogP contribution in [-0.4, -0.2) is 82.6 Å². The molecule has 6 rings (SSSR count). The number of para-hydroxylation sites is 1. The number of halogens is 1. The molecule has 1 aliphatic heterocycles. The number of aliphatic imine (C=N–C) groups is 2. The fraction of sp³-hybridized carbons (Fsp3) is 0.176. The van der Waals surface area contributed by atoms with E-state index in [0.29, 0.717) is 11.8 Å². The van der Waals surface area contributed by atoms with E-state index in [1.54, 1.807) is 49.1 Å². The molecule has 0 bridgehead atoms. The van der Waals surface area contributed by atoms with Crippen molar-refractivity contribution in [2.45, 2.75) is 52.7 Å². The Hall–Kier alpha value is -5.63. The summed E-state index contributed by atoms with van der Waals surface area (Å²) in [7, 11) is -19.3. The third-order valence-electron chi connectivity index (χ3n) is 8.68. The number of aromatic hydroxyl groups is 1. The number of hydrogen-bond donors (Lipinski definition) is 6. The summed E-state index contributed by atoms with van der Waals surface area (Å²) in [5.41, 5.74) is -1.50. The van der Waals surface area contributed by atoms with Gasteiger partial charge in [-0.2, -0.15) is 34.6 Å². The molecule has 0 fully saturated rings. The van der Waals surface area contributed by atoms with Gasteiger partial charge < -0.3 is 15.3 Å². The number of nitrogens with one attached hydrogen (secondary N) is 2. The number of phenols is 1. The largest absolute Gasteiger partial charge is 0.505 e. The van der Waals surface area contributed by atoms with E-state index in [9.17, 15) is 52.4 Å². The molecule has 5 aromatic carbocycles. The number of anilines is 2. The Morgan fingerprint density at radius 2 is 1.48 bits per heavy atom. The minimum Gasteiger partial charge on any atom is -0.505 e. The summed E-state index contributed by atoms with van der Waals surface area (Å²) < 4.78 is 146. The highest BCUT2D eigenvalue weighted by atomic mass is 32.2. The third kappa shape index (κ3) is 8.47. The van der Waals surface area contributed by atoms with Crippen molar-refractivity contribution in [3.05, 3.63) is 78.9 Å². The number of azo groups is 1. The van der Waals surface area contributed by atoms with Crippen LogP contribution in [0.15, 0.2) is 119 Å². The van der Waals surface area contributed by atoms with Gasteiger partial charge in [0.25, 0.3) is 36.4 Å². The van der Waals surface area contributed by atoms with Crippen molar-refractivity contribution in [2.24, 2.45) is 20.2 Å². The lowest BCUT2D eigenvalue weighted by atomic mass is 10.1. The first kappa shape index (κ1) is 42.0. The van der Waals surface area contributed by atoms with E-state index < -0.39 is 107 Å². The average Bonchev–Trinajstić information content (AvgIpc) is 3.12. The van der Waals surface area contributed by atoms with E-state index in [1.165, 1.54) is 13.0 Å². The molecule has 0 spiro atoms. The van der Waals surface area contributed by atoms with Gasteiger partial charge in [-0.3, -0.25) is 19.0 Å². The van der Waals surface area contributed by atoms with Crippen molar-refractivity contribution >= 4 is 96.5 Å². The Bertz CT molecular complexity index is 3050. The van der Waals surface area contributed by atoms with E-state index in [4.69, 9.17) is 0 Å². The molecular weight excluding hydrogens is 846 g/mol. The van der Waals surface area contributed by atoms with Gasteiger partial charge >= 0.3 is 0 Å². The first-order valence-corrected chi connectivity index (χ1v) is 22.6. The second-order valence-electron chi connectivity index (χ2n) is 12.8. The summed E-state index contributed by atoms with van der Waals surface area (Å²) in [5, 5.41) is 23.0. The van der Waals surface area contributed by atoms with Gasteiger partial charge in [-0.05, 0) is 73.2 Å². The molecule has 6 N–H and O–H groups in total. The smallest absolute Gasteiger partial charge is 0.297 e. The van der Waals surface area contributed by atoms with E-state index in [-0.39, 0.29) is 27.5 Å². The van der Waals surface area contributed by atoms with Crippen LogP contribution in [0.4, 0.5) is 27.1 Å². The van der Waals surface area contributed by atoms with E-state index in [2.05, 4.69) is 30.8 Å². The molecule has 1 heterocycles. The molecule has 1 unspecified atom stereocenters. The normalized spacial score (nSPS) is 15.4. The number of sulfone groups is 1. The van der Waals surface area contributed by atoms with Crippen LogP contribution in [0.2, 0.25) is 0 Å². The van der Waals surface area contributed by atoms with E-state index in [0.717, 1.165) is 36.4 Å². The number of hydrogen-bond acceptors (Lipinski definition) is 16. The van der Waals surface area contributed by atoms with Crippen LogP contribution in [0.1, 0.15) is 20.8 Å². The zero-order valence-corrected chi connectivity index (χ0v) is 33.4. The van der Waals surface area contributed by atoms with Crippen LogP contribution in [0.5, 0.6) is 5.75 Å². The average molecular weight is 878 g/mol. The van der Waals surface area contributed by atoms with Gasteiger partial charge in [-0.1, -0.05) is 37.3 Å². The number of fused-ring (bicyclic) bond motifs is 2. The molecule has 0 saturated carbocycles. The molecule has 0 saturated heterocycles. The van der Waals surface area contributed by atoms with Gasteiger partial charge in [0, 0.05) is 22.5 Å². The zero-order valence-electron chi connectivity index (χ0n) is 30.2. The first-order chi connectivity index (χ1) is 27.0. The van der Waals surface area contributed by atoms with Crippen LogP contribution >= 0.6 is 0 Å². The Morgan fingerprint density at radius 1 is 0.810 bits per heavy atom. The summed E-state index contributed by atoms with van der Waals surface area (Å²) >= 11 is 0. The van der Waals surface area contributed by atoms with Gasteiger partial charge in [0.15, 0.2) is 15.6 Å². The minimum absolute atomic E-state index is 0.0434. The van der Waals surface area contributed by atoms with Crippen molar-refractivity contribution in [2.75, 3.05) is 16.0 Å². The van der Waals surface area contributed by atoms with Crippen molar-refractivity contribution in [3.8, 4) is 5.75 Å². The molecule has 1 aliphatic rings.